The fraction of sp³-hybridized carbons (Fsp3) is 0.200. The molecule has 0 spiro atoms. The van der Waals surface area contributed by atoms with E-state index in [4.69, 9.17) is 4.74 Å². The normalized spacial score (nSPS) is 15.7. The Bertz CT molecular complexity index is 878. The third-order valence-electron chi connectivity index (χ3n) is 4.38. The van der Waals surface area contributed by atoms with Crippen LogP contribution < -0.4 is 10.1 Å². The van der Waals surface area contributed by atoms with Gasteiger partial charge in [0.25, 0.3) is 0 Å². The molecule has 25 heavy (non-hydrogen) atoms. The maximum Gasteiger partial charge on any atom is 0.238 e. The van der Waals surface area contributed by atoms with Crippen molar-refractivity contribution in [2.75, 3.05) is 5.32 Å². The van der Waals surface area contributed by atoms with E-state index in [0.717, 1.165) is 29.8 Å². The van der Waals surface area contributed by atoms with E-state index in [9.17, 15) is 4.39 Å². The Labute approximate surface area is 145 Å². The van der Waals surface area contributed by atoms with Crippen LogP contribution in [0, 0.1) is 12.7 Å². The lowest BCUT2D eigenvalue weighted by molar-refractivity contribution is 0.454. The number of nitrogens with one attached hydrogen (secondary N) is 1. The average Bonchev–Trinajstić information content (AvgIpc) is 3.01. The van der Waals surface area contributed by atoms with Crippen molar-refractivity contribution in [3.63, 3.8) is 0 Å². The SMILES string of the molecule is Cc1ccc(Oc2ccc(N[C@H]3CCc4ccc(F)cc43)cc2)nn1. The van der Waals surface area contributed by atoms with Gasteiger partial charge in [-0.1, -0.05) is 6.07 Å². The number of aromatic nitrogens is 2. The second kappa shape index (κ2) is 6.51. The van der Waals surface area contributed by atoms with Gasteiger partial charge in [0.2, 0.25) is 5.88 Å². The summed E-state index contributed by atoms with van der Waals surface area (Å²) in [5.41, 5.74) is 4.09. The molecule has 5 heteroatoms. The second-order valence-electron chi connectivity index (χ2n) is 6.22. The van der Waals surface area contributed by atoms with Crippen LogP contribution in [0.15, 0.2) is 54.6 Å². The number of benzene rings is 2. The molecule has 2 aromatic carbocycles. The molecule has 1 aliphatic carbocycles. The molecule has 1 heterocycles. The highest BCUT2D eigenvalue weighted by molar-refractivity contribution is 5.50. The van der Waals surface area contributed by atoms with E-state index < -0.39 is 0 Å². The zero-order chi connectivity index (χ0) is 17.2. The van der Waals surface area contributed by atoms with E-state index in [0.29, 0.717) is 11.6 Å². The summed E-state index contributed by atoms with van der Waals surface area (Å²) in [4.78, 5) is 0. The van der Waals surface area contributed by atoms with E-state index in [1.165, 1.54) is 11.6 Å². The third kappa shape index (κ3) is 3.45. The number of halogens is 1. The Kier molecular flexibility index (Phi) is 4.06. The summed E-state index contributed by atoms with van der Waals surface area (Å²) < 4.78 is 19.2. The zero-order valence-electron chi connectivity index (χ0n) is 13.9. The molecule has 0 aliphatic heterocycles. The number of hydrogen-bond donors (Lipinski definition) is 1. The van der Waals surface area contributed by atoms with Crippen LogP contribution >= 0.6 is 0 Å². The molecule has 4 nitrogen and oxygen atoms in total. The molecule has 0 unspecified atom stereocenters. The van der Waals surface area contributed by atoms with Gasteiger partial charge in [0.1, 0.15) is 11.6 Å². The molecule has 1 atom stereocenters. The van der Waals surface area contributed by atoms with Crippen molar-refractivity contribution in [2.45, 2.75) is 25.8 Å². The molecule has 126 valence electrons. The number of fused-ring (bicyclic) bond motifs is 1. The first-order chi connectivity index (χ1) is 12.2. The molecule has 4 rings (SSSR count). The molecule has 3 aromatic rings. The van der Waals surface area contributed by atoms with Crippen molar-refractivity contribution < 1.29 is 9.13 Å². The molecule has 0 amide bonds. The van der Waals surface area contributed by atoms with E-state index >= 15 is 0 Å². The van der Waals surface area contributed by atoms with E-state index in [1.807, 2.05) is 43.3 Å². The van der Waals surface area contributed by atoms with Gasteiger partial charge in [0, 0.05) is 11.8 Å². The van der Waals surface area contributed by atoms with Gasteiger partial charge in [0.05, 0.1) is 11.7 Å². The van der Waals surface area contributed by atoms with Gasteiger partial charge in [-0.25, -0.2) is 4.39 Å². The van der Waals surface area contributed by atoms with Gasteiger partial charge in [-0.2, -0.15) is 5.10 Å². The first-order valence-corrected chi connectivity index (χ1v) is 8.30. The Hall–Kier alpha value is -2.95. The van der Waals surface area contributed by atoms with Crippen molar-refractivity contribution in [1.82, 2.24) is 10.2 Å². The van der Waals surface area contributed by atoms with E-state index in [1.54, 1.807) is 12.1 Å². The minimum Gasteiger partial charge on any atom is -0.438 e. The Morgan fingerprint density at radius 2 is 1.88 bits per heavy atom. The van der Waals surface area contributed by atoms with Crippen LogP contribution in [0.25, 0.3) is 0 Å². The number of rotatable bonds is 4. The summed E-state index contributed by atoms with van der Waals surface area (Å²) in [5.74, 6) is 0.975. The van der Waals surface area contributed by atoms with Gasteiger partial charge in [-0.3, -0.25) is 0 Å². The lowest BCUT2D eigenvalue weighted by atomic mass is 10.1. The minimum atomic E-state index is -0.185. The van der Waals surface area contributed by atoms with Crippen LogP contribution in [-0.4, -0.2) is 10.2 Å². The summed E-state index contributed by atoms with van der Waals surface area (Å²) >= 11 is 0. The lowest BCUT2D eigenvalue weighted by Gasteiger charge is -2.16. The Balaban J connectivity index is 1.45. The van der Waals surface area contributed by atoms with Crippen LogP contribution in [0.4, 0.5) is 10.1 Å². The predicted molar refractivity (Wildman–Crippen MR) is 94.4 cm³/mol. The maximum atomic E-state index is 13.5. The average molecular weight is 335 g/mol. The molecule has 1 aliphatic rings. The molecule has 0 bridgehead atoms. The fourth-order valence-electron chi connectivity index (χ4n) is 3.11. The number of nitrogens with zero attached hydrogens (tertiary/aromatic N) is 2. The van der Waals surface area contributed by atoms with Gasteiger partial charge in [0.15, 0.2) is 0 Å². The summed E-state index contributed by atoms with van der Waals surface area (Å²) in [6.45, 7) is 1.88. The maximum absolute atomic E-state index is 13.5. The minimum absolute atomic E-state index is 0.139. The summed E-state index contributed by atoms with van der Waals surface area (Å²) in [6.07, 6.45) is 1.94. The number of aryl methyl sites for hydroxylation is 2. The van der Waals surface area contributed by atoms with Crippen molar-refractivity contribution in [1.29, 1.82) is 0 Å². The predicted octanol–water partition coefficient (Wildman–Crippen LogP) is 4.82. The van der Waals surface area contributed by atoms with Crippen LogP contribution in [0.2, 0.25) is 0 Å². The zero-order valence-corrected chi connectivity index (χ0v) is 13.9. The van der Waals surface area contributed by atoms with Gasteiger partial charge < -0.3 is 10.1 Å². The first-order valence-electron chi connectivity index (χ1n) is 8.30. The van der Waals surface area contributed by atoms with Crippen molar-refractivity contribution in [2.24, 2.45) is 0 Å². The number of anilines is 1. The largest absolute Gasteiger partial charge is 0.438 e. The molecule has 0 radical (unpaired) electrons. The first kappa shape index (κ1) is 15.6. The number of ether oxygens (including phenoxy) is 1. The van der Waals surface area contributed by atoms with Crippen LogP contribution in [0.1, 0.15) is 29.3 Å². The molecule has 0 saturated carbocycles. The van der Waals surface area contributed by atoms with Gasteiger partial charge in [-0.05, 0) is 73.4 Å². The Morgan fingerprint density at radius 3 is 2.64 bits per heavy atom. The Morgan fingerprint density at radius 1 is 1.04 bits per heavy atom. The topological polar surface area (TPSA) is 47.0 Å². The van der Waals surface area contributed by atoms with Crippen LogP contribution in [0.3, 0.4) is 0 Å². The highest BCUT2D eigenvalue weighted by atomic mass is 19.1. The highest BCUT2D eigenvalue weighted by Crippen LogP contribution is 2.34. The summed E-state index contributed by atoms with van der Waals surface area (Å²) in [5, 5.41) is 11.4. The smallest absolute Gasteiger partial charge is 0.238 e. The monoisotopic (exact) mass is 335 g/mol. The molecule has 0 saturated heterocycles. The lowest BCUT2D eigenvalue weighted by Crippen LogP contribution is -2.07. The fourth-order valence-corrected chi connectivity index (χ4v) is 3.11. The van der Waals surface area contributed by atoms with Crippen LogP contribution in [0.5, 0.6) is 11.6 Å². The molecule has 1 aromatic heterocycles. The third-order valence-corrected chi connectivity index (χ3v) is 4.38. The summed E-state index contributed by atoms with van der Waals surface area (Å²) in [7, 11) is 0. The van der Waals surface area contributed by atoms with E-state index in [-0.39, 0.29) is 11.9 Å². The molecule has 1 N–H and O–H groups in total. The molecular weight excluding hydrogens is 317 g/mol. The molecule has 0 fully saturated rings. The quantitative estimate of drug-likeness (QED) is 0.743. The summed E-state index contributed by atoms with van der Waals surface area (Å²) in [6, 6.07) is 16.5. The highest BCUT2D eigenvalue weighted by Gasteiger charge is 2.22. The van der Waals surface area contributed by atoms with Crippen LogP contribution in [-0.2, 0) is 6.42 Å². The van der Waals surface area contributed by atoms with Crippen molar-refractivity contribution in [3.8, 4) is 11.6 Å². The standard InChI is InChI=1S/C20H18FN3O/c1-13-2-11-20(24-23-13)25-17-8-6-16(7-9-17)22-19-10-4-14-3-5-15(21)12-18(14)19/h2-3,5-9,11-12,19,22H,4,10H2,1H3/t19-/m0/s1. The van der Waals surface area contributed by atoms with Gasteiger partial charge in [-0.15, -0.1) is 5.10 Å². The van der Waals surface area contributed by atoms with Crippen molar-refractivity contribution >= 4 is 5.69 Å². The van der Waals surface area contributed by atoms with Gasteiger partial charge >= 0.3 is 0 Å². The molecular formula is C20H18FN3O. The second-order valence-corrected chi connectivity index (χ2v) is 6.22. The van der Waals surface area contributed by atoms with Crippen molar-refractivity contribution in [3.05, 3.63) is 77.2 Å². The van der Waals surface area contributed by atoms with E-state index in [2.05, 4.69) is 15.5 Å². The number of hydrogen-bond acceptors (Lipinski definition) is 4.